The number of Topliss-reactive ketones (excluding diaryl/α,β-unsaturated/α-hetero) is 1. The van der Waals surface area contributed by atoms with Crippen LogP contribution in [0.1, 0.15) is 0 Å². The van der Waals surface area contributed by atoms with Gasteiger partial charge in [-0.2, -0.15) is 0 Å². The molecular formula is C19H14N4O3S2. The zero-order valence-electron chi connectivity index (χ0n) is 14.5. The summed E-state index contributed by atoms with van der Waals surface area (Å²) < 4.78 is 11.2. The third kappa shape index (κ3) is 4.68. The smallest absolute Gasteiger partial charge is 0.277 e. The van der Waals surface area contributed by atoms with E-state index in [9.17, 15) is 4.79 Å². The van der Waals surface area contributed by atoms with Crippen LogP contribution in [0.5, 0.6) is 0 Å². The first-order chi connectivity index (χ1) is 13.8. The van der Waals surface area contributed by atoms with Crippen molar-refractivity contribution in [2.45, 2.75) is 10.4 Å². The van der Waals surface area contributed by atoms with E-state index in [1.165, 1.54) is 23.5 Å². The summed E-state index contributed by atoms with van der Waals surface area (Å²) in [5.41, 5.74) is 1.68. The Hall–Kier alpha value is -2.91. The Morgan fingerprint density at radius 1 is 0.679 bits per heavy atom. The molecule has 0 saturated heterocycles. The van der Waals surface area contributed by atoms with Gasteiger partial charge in [-0.1, -0.05) is 59.9 Å². The van der Waals surface area contributed by atoms with Crippen molar-refractivity contribution in [3.8, 4) is 22.9 Å². The van der Waals surface area contributed by atoms with E-state index in [2.05, 4.69) is 20.4 Å². The highest BCUT2D eigenvalue weighted by molar-refractivity contribution is 8.01. The van der Waals surface area contributed by atoms with Crippen LogP contribution in [-0.4, -0.2) is 37.7 Å². The number of ketones is 1. The Bertz CT molecular complexity index is 968. The number of benzene rings is 2. The average Bonchev–Trinajstić information content (AvgIpc) is 3.42. The SMILES string of the molecule is O=C(CSc1nnc(-c2ccccc2)o1)CSc1nnc(-c2ccccc2)o1. The highest BCUT2D eigenvalue weighted by Gasteiger charge is 2.14. The van der Waals surface area contributed by atoms with Gasteiger partial charge < -0.3 is 8.83 Å². The van der Waals surface area contributed by atoms with Gasteiger partial charge in [-0.15, -0.1) is 20.4 Å². The maximum atomic E-state index is 12.1. The van der Waals surface area contributed by atoms with Gasteiger partial charge in [0.15, 0.2) is 5.78 Å². The zero-order valence-corrected chi connectivity index (χ0v) is 16.2. The topological polar surface area (TPSA) is 94.9 Å². The lowest BCUT2D eigenvalue weighted by Gasteiger charge is -1.96. The normalized spacial score (nSPS) is 10.9. The standard InChI is InChI=1S/C19H14N4O3S2/c24-15(11-27-18-22-20-16(25-18)13-7-3-1-4-8-13)12-28-19-23-21-17(26-19)14-9-5-2-6-10-14/h1-10H,11-12H2. The number of carbonyl (C=O) groups is 1. The van der Waals surface area contributed by atoms with Gasteiger partial charge in [-0.05, 0) is 24.3 Å². The fourth-order valence-corrected chi connectivity index (χ4v) is 3.63. The average molecular weight is 410 g/mol. The summed E-state index contributed by atoms with van der Waals surface area (Å²) >= 11 is 2.42. The molecule has 140 valence electrons. The highest BCUT2D eigenvalue weighted by Crippen LogP contribution is 2.25. The van der Waals surface area contributed by atoms with Crippen molar-refractivity contribution >= 4 is 29.3 Å². The summed E-state index contributed by atoms with van der Waals surface area (Å²) in [6, 6.07) is 19.0. The van der Waals surface area contributed by atoms with Crippen LogP contribution in [-0.2, 0) is 4.79 Å². The minimum atomic E-state index is 0.00826. The lowest BCUT2D eigenvalue weighted by molar-refractivity contribution is -0.114. The molecule has 2 aromatic heterocycles. The largest absolute Gasteiger partial charge is 0.411 e. The van der Waals surface area contributed by atoms with Gasteiger partial charge in [0, 0.05) is 11.1 Å². The van der Waals surface area contributed by atoms with Gasteiger partial charge in [-0.3, -0.25) is 4.79 Å². The number of nitrogens with zero attached hydrogens (tertiary/aromatic N) is 4. The van der Waals surface area contributed by atoms with Crippen molar-refractivity contribution in [2.24, 2.45) is 0 Å². The van der Waals surface area contributed by atoms with Crippen LogP contribution in [0.3, 0.4) is 0 Å². The molecule has 2 aromatic carbocycles. The Morgan fingerprint density at radius 3 is 1.54 bits per heavy atom. The Balaban J connectivity index is 1.26. The molecule has 0 unspecified atom stereocenters. The van der Waals surface area contributed by atoms with Gasteiger partial charge in [-0.25, -0.2) is 0 Å². The molecule has 0 aliphatic carbocycles. The lowest BCUT2D eigenvalue weighted by atomic mass is 10.2. The fraction of sp³-hybridized carbons (Fsp3) is 0.105. The summed E-state index contributed by atoms with van der Waals surface area (Å²) in [6.45, 7) is 0. The first-order valence-electron chi connectivity index (χ1n) is 8.33. The second-order valence-electron chi connectivity index (χ2n) is 5.59. The van der Waals surface area contributed by atoms with Crippen molar-refractivity contribution in [2.75, 3.05) is 11.5 Å². The van der Waals surface area contributed by atoms with E-state index in [1.807, 2.05) is 60.7 Å². The molecule has 0 spiro atoms. The first-order valence-corrected chi connectivity index (χ1v) is 10.3. The van der Waals surface area contributed by atoms with E-state index >= 15 is 0 Å². The monoisotopic (exact) mass is 410 g/mol. The number of thioether (sulfide) groups is 2. The number of hydrogen-bond donors (Lipinski definition) is 0. The summed E-state index contributed by atoms with van der Waals surface area (Å²) in [5.74, 6) is 1.33. The van der Waals surface area contributed by atoms with Crippen LogP contribution >= 0.6 is 23.5 Å². The van der Waals surface area contributed by atoms with Crippen molar-refractivity contribution < 1.29 is 13.6 Å². The molecule has 0 radical (unpaired) electrons. The molecule has 0 saturated carbocycles. The van der Waals surface area contributed by atoms with E-state index in [4.69, 9.17) is 8.83 Å². The Labute approximate surface area is 169 Å². The molecule has 0 aliphatic rings. The predicted molar refractivity (Wildman–Crippen MR) is 106 cm³/mol. The van der Waals surface area contributed by atoms with Crippen LogP contribution < -0.4 is 0 Å². The minimum absolute atomic E-state index is 0.00826. The van der Waals surface area contributed by atoms with E-state index in [0.29, 0.717) is 22.2 Å². The van der Waals surface area contributed by atoms with Gasteiger partial charge in [0.2, 0.25) is 11.8 Å². The van der Waals surface area contributed by atoms with Crippen molar-refractivity contribution in [1.82, 2.24) is 20.4 Å². The Kier molecular flexibility index (Phi) is 5.83. The number of rotatable bonds is 8. The van der Waals surface area contributed by atoms with Crippen LogP contribution in [0, 0.1) is 0 Å². The van der Waals surface area contributed by atoms with Crippen molar-refractivity contribution in [1.29, 1.82) is 0 Å². The van der Waals surface area contributed by atoms with E-state index in [1.54, 1.807) is 0 Å². The number of carbonyl (C=O) groups excluding carboxylic acids is 1. The molecule has 2 heterocycles. The van der Waals surface area contributed by atoms with E-state index in [0.717, 1.165) is 11.1 Å². The van der Waals surface area contributed by atoms with Crippen LogP contribution in [0.4, 0.5) is 0 Å². The summed E-state index contributed by atoms with van der Waals surface area (Å²) in [7, 11) is 0. The van der Waals surface area contributed by atoms with Gasteiger partial charge in [0.05, 0.1) is 11.5 Å². The molecule has 28 heavy (non-hydrogen) atoms. The molecule has 0 atom stereocenters. The third-order valence-electron chi connectivity index (χ3n) is 3.57. The summed E-state index contributed by atoms with van der Waals surface area (Å²) in [6.07, 6.45) is 0. The minimum Gasteiger partial charge on any atom is -0.411 e. The molecule has 0 fully saturated rings. The fourth-order valence-electron chi connectivity index (χ4n) is 2.26. The molecule has 4 rings (SSSR count). The quantitative estimate of drug-likeness (QED) is 0.395. The molecule has 0 amide bonds. The number of hydrogen-bond acceptors (Lipinski definition) is 9. The molecular weight excluding hydrogens is 396 g/mol. The molecule has 0 bridgehead atoms. The van der Waals surface area contributed by atoms with Crippen LogP contribution in [0.25, 0.3) is 22.9 Å². The molecule has 9 heteroatoms. The second-order valence-corrected chi connectivity index (χ2v) is 7.45. The van der Waals surface area contributed by atoms with Gasteiger partial charge in [0.25, 0.3) is 10.4 Å². The summed E-state index contributed by atoms with van der Waals surface area (Å²) in [5, 5.41) is 16.7. The Morgan fingerprint density at radius 2 is 1.11 bits per heavy atom. The second kappa shape index (κ2) is 8.85. The number of aromatic nitrogens is 4. The molecule has 7 nitrogen and oxygen atoms in total. The summed E-state index contributed by atoms with van der Waals surface area (Å²) in [4.78, 5) is 12.1. The lowest BCUT2D eigenvalue weighted by Crippen LogP contribution is -2.04. The van der Waals surface area contributed by atoms with Crippen LogP contribution in [0.15, 0.2) is 79.9 Å². The third-order valence-corrected chi connectivity index (χ3v) is 5.32. The molecule has 0 N–H and O–H groups in total. The van der Waals surface area contributed by atoms with Gasteiger partial charge >= 0.3 is 0 Å². The van der Waals surface area contributed by atoms with Crippen molar-refractivity contribution in [3.63, 3.8) is 0 Å². The van der Waals surface area contributed by atoms with E-state index < -0.39 is 0 Å². The highest BCUT2D eigenvalue weighted by atomic mass is 32.2. The van der Waals surface area contributed by atoms with Crippen molar-refractivity contribution in [3.05, 3.63) is 60.7 Å². The predicted octanol–water partition coefficient (Wildman–Crippen LogP) is 4.24. The molecule has 4 aromatic rings. The van der Waals surface area contributed by atoms with Gasteiger partial charge in [0.1, 0.15) is 0 Å². The van der Waals surface area contributed by atoms with E-state index in [-0.39, 0.29) is 17.3 Å². The zero-order chi connectivity index (χ0) is 19.2. The molecule has 0 aliphatic heterocycles. The first kappa shape index (κ1) is 18.5. The maximum absolute atomic E-state index is 12.1. The van der Waals surface area contributed by atoms with Crippen LogP contribution in [0.2, 0.25) is 0 Å². The maximum Gasteiger partial charge on any atom is 0.277 e.